The molecule has 0 aliphatic carbocycles. The third-order valence-corrected chi connectivity index (χ3v) is 2.78. The Morgan fingerprint density at radius 3 is 2.18 bits per heavy atom. The number of carbonyl (C=O) groups is 2. The van der Waals surface area contributed by atoms with Gasteiger partial charge in [0.05, 0.1) is 11.1 Å². The van der Waals surface area contributed by atoms with Gasteiger partial charge in [0.25, 0.3) is 11.8 Å². The molecule has 4 heteroatoms. The third-order valence-electron chi connectivity index (χ3n) is 2.78. The average Bonchev–Trinajstić information content (AvgIpc) is 2.60. The standard InChI is InChI=1S/C13H15N2O2/c1-2-3-6-9-14-15-12(16)10-7-4-5-8-11(10)13(15)17/h4-5,7-8H,2-3,6,9H2,1H3. The number of benzene rings is 1. The number of rotatable bonds is 5. The summed E-state index contributed by atoms with van der Waals surface area (Å²) >= 11 is 0. The normalized spacial score (nSPS) is 14.3. The van der Waals surface area contributed by atoms with E-state index in [2.05, 4.69) is 12.3 Å². The van der Waals surface area contributed by atoms with E-state index in [-0.39, 0.29) is 11.8 Å². The van der Waals surface area contributed by atoms with E-state index in [4.69, 9.17) is 0 Å². The first-order valence-electron chi connectivity index (χ1n) is 5.91. The second-order valence-electron chi connectivity index (χ2n) is 4.04. The highest BCUT2D eigenvalue weighted by Crippen LogP contribution is 2.21. The third kappa shape index (κ3) is 2.22. The molecule has 0 N–H and O–H groups in total. The van der Waals surface area contributed by atoms with Crippen molar-refractivity contribution in [3.63, 3.8) is 0 Å². The second-order valence-corrected chi connectivity index (χ2v) is 4.04. The van der Waals surface area contributed by atoms with Crippen LogP contribution in [0.5, 0.6) is 0 Å². The minimum Gasteiger partial charge on any atom is -0.267 e. The molecular formula is C13H15N2O2. The molecule has 0 unspecified atom stereocenters. The molecule has 4 nitrogen and oxygen atoms in total. The van der Waals surface area contributed by atoms with Crippen LogP contribution in [-0.4, -0.2) is 23.4 Å². The molecule has 0 fully saturated rings. The zero-order valence-corrected chi connectivity index (χ0v) is 9.85. The fourth-order valence-electron chi connectivity index (χ4n) is 1.84. The lowest BCUT2D eigenvalue weighted by Gasteiger charge is -2.11. The number of carbonyl (C=O) groups excluding carboxylic acids is 2. The first kappa shape index (κ1) is 11.8. The topological polar surface area (TPSA) is 51.5 Å². The van der Waals surface area contributed by atoms with Gasteiger partial charge in [0.15, 0.2) is 0 Å². The lowest BCUT2D eigenvalue weighted by molar-refractivity contribution is 0.0556. The Morgan fingerprint density at radius 1 is 1.06 bits per heavy atom. The summed E-state index contributed by atoms with van der Waals surface area (Å²) in [6, 6.07) is 6.84. The number of unbranched alkanes of at least 4 members (excludes halogenated alkanes) is 2. The summed E-state index contributed by atoms with van der Waals surface area (Å²) in [6.45, 7) is 2.63. The van der Waals surface area contributed by atoms with Gasteiger partial charge in [-0.1, -0.05) is 31.9 Å². The van der Waals surface area contributed by atoms with Crippen molar-refractivity contribution in [3.05, 3.63) is 35.4 Å². The first-order valence-corrected chi connectivity index (χ1v) is 5.91. The van der Waals surface area contributed by atoms with Crippen LogP contribution >= 0.6 is 0 Å². The van der Waals surface area contributed by atoms with Crippen molar-refractivity contribution in [1.29, 1.82) is 0 Å². The Morgan fingerprint density at radius 2 is 1.65 bits per heavy atom. The van der Waals surface area contributed by atoms with E-state index in [9.17, 15) is 9.59 Å². The maximum absolute atomic E-state index is 11.9. The lowest BCUT2D eigenvalue weighted by atomic mass is 10.1. The van der Waals surface area contributed by atoms with Crippen LogP contribution in [-0.2, 0) is 0 Å². The van der Waals surface area contributed by atoms with Gasteiger partial charge in [-0.3, -0.25) is 9.59 Å². The zero-order chi connectivity index (χ0) is 12.3. The van der Waals surface area contributed by atoms with Crippen LogP contribution in [0.2, 0.25) is 0 Å². The molecule has 2 rings (SSSR count). The van der Waals surface area contributed by atoms with Crippen LogP contribution < -0.4 is 5.43 Å². The maximum atomic E-state index is 11.9. The lowest BCUT2D eigenvalue weighted by Crippen LogP contribution is -2.37. The molecule has 0 bridgehead atoms. The van der Waals surface area contributed by atoms with Gasteiger partial charge in [0, 0.05) is 6.54 Å². The van der Waals surface area contributed by atoms with Gasteiger partial charge in [-0.05, 0) is 18.6 Å². The average molecular weight is 231 g/mol. The highest BCUT2D eigenvalue weighted by molar-refractivity contribution is 6.20. The summed E-state index contributed by atoms with van der Waals surface area (Å²) in [5.41, 5.74) is 4.98. The fraction of sp³-hybridized carbons (Fsp3) is 0.385. The number of hydrogen-bond acceptors (Lipinski definition) is 2. The van der Waals surface area contributed by atoms with Crippen LogP contribution in [0.1, 0.15) is 46.9 Å². The molecule has 89 valence electrons. The molecule has 1 aliphatic heterocycles. The van der Waals surface area contributed by atoms with Crippen LogP contribution in [0.15, 0.2) is 24.3 Å². The predicted molar refractivity (Wildman–Crippen MR) is 63.5 cm³/mol. The van der Waals surface area contributed by atoms with Crippen molar-refractivity contribution >= 4 is 11.8 Å². The highest BCUT2D eigenvalue weighted by atomic mass is 16.2. The smallest absolute Gasteiger partial charge is 0.267 e. The van der Waals surface area contributed by atoms with E-state index >= 15 is 0 Å². The molecule has 0 saturated heterocycles. The Labute approximate surface area is 101 Å². The maximum Gasteiger partial charge on any atom is 0.277 e. The molecule has 1 aromatic rings. The number of hydrogen-bond donors (Lipinski definition) is 0. The highest BCUT2D eigenvalue weighted by Gasteiger charge is 2.35. The van der Waals surface area contributed by atoms with E-state index in [0.717, 1.165) is 24.3 Å². The minimum absolute atomic E-state index is 0.304. The molecule has 1 aromatic carbocycles. The number of amides is 2. The molecule has 17 heavy (non-hydrogen) atoms. The Hall–Kier alpha value is -1.68. The Bertz CT molecular complexity index is 408. The molecule has 0 saturated carbocycles. The largest absolute Gasteiger partial charge is 0.277 e. The van der Waals surface area contributed by atoms with Crippen LogP contribution in [0.3, 0.4) is 0 Å². The fourth-order valence-corrected chi connectivity index (χ4v) is 1.84. The molecule has 1 heterocycles. The van der Waals surface area contributed by atoms with Gasteiger partial charge >= 0.3 is 0 Å². The molecule has 0 atom stereocenters. The first-order chi connectivity index (χ1) is 8.25. The van der Waals surface area contributed by atoms with Gasteiger partial charge in [-0.2, -0.15) is 5.01 Å². The summed E-state index contributed by atoms with van der Waals surface area (Å²) in [5.74, 6) is -0.607. The van der Waals surface area contributed by atoms with Gasteiger partial charge in [-0.15, -0.1) is 5.43 Å². The summed E-state index contributed by atoms with van der Waals surface area (Å²) in [7, 11) is 0. The van der Waals surface area contributed by atoms with Crippen molar-refractivity contribution in [2.75, 3.05) is 6.54 Å². The number of nitrogens with zero attached hydrogens (tertiary/aromatic N) is 2. The van der Waals surface area contributed by atoms with Gasteiger partial charge < -0.3 is 0 Å². The van der Waals surface area contributed by atoms with Crippen molar-refractivity contribution in [2.24, 2.45) is 0 Å². The quantitative estimate of drug-likeness (QED) is 0.574. The van der Waals surface area contributed by atoms with E-state index in [0.29, 0.717) is 17.7 Å². The van der Waals surface area contributed by atoms with Gasteiger partial charge in [-0.25, -0.2) is 0 Å². The van der Waals surface area contributed by atoms with Crippen LogP contribution in [0.25, 0.3) is 0 Å². The van der Waals surface area contributed by atoms with Gasteiger partial charge in [0.1, 0.15) is 0 Å². The summed E-state index contributed by atoms with van der Waals surface area (Å²) in [5, 5.41) is 1.00. The van der Waals surface area contributed by atoms with Crippen LogP contribution in [0.4, 0.5) is 0 Å². The summed E-state index contributed by atoms with van der Waals surface area (Å²) in [6.07, 6.45) is 3.06. The number of fused-ring (bicyclic) bond motifs is 1. The summed E-state index contributed by atoms with van der Waals surface area (Å²) in [4.78, 5) is 23.8. The van der Waals surface area contributed by atoms with E-state index in [1.54, 1.807) is 24.3 Å². The Balaban J connectivity index is 2.03. The van der Waals surface area contributed by atoms with Crippen molar-refractivity contribution < 1.29 is 9.59 Å². The molecule has 1 aliphatic rings. The van der Waals surface area contributed by atoms with Crippen molar-refractivity contribution in [3.8, 4) is 0 Å². The van der Waals surface area contributed by atoms with Crippen molar-refractivity contribution in [1.82, 2.24) is 10.4 Å². The molecule has 0 spiro atoms. The van der Waals surface area contributed by atoms with Crippen molar-refractivity contribution in [2.45, 2.75) is 26.2 Å². The zero-order valence-electron chi connectivity index (χ0n) is 9.85. The second kappa shape index (κ2) is 5.10. The van der Waals surface area contributed by atoms with E-state index in [1.807, 2.05) is 0 Å². The SMILES string of the molecule is CCCCC[N]N1C(=O)c2ccccc2C1=O. The monoisotopic (exact) mass is 231 g/mol. The van der Waals surface area contributed by atoms with Gasteiger partial charge in [0.2, 0.25) is 0 Å². The molecule has 0 aromatic heterocycles. The molecule has 1 radical (unpaired) electrons. The van der Waals surface area contributed by atoms with E-state index in [1.165, 1.54) is 0 Å². The predicted octanol–water partition coefficient (Wildman–Crippen LogP) is 1.99. The molecule has 2 amide bonds. The molecular weight excluding hydrogens is 216 g/mol. The summed E-state index contributed by atoms with van der Waals surface area (Å²) < 4.78 is 0. The number of imide groups is 1. The van der Waals surface area contributed by atoms with Crippen LogP contribution in [0, 0.1) is 0 Å². The Kier molecular flexibility index (Phi) is 3.54. The van der Waals surface area contributed by atoms with E-state index < -0.39 is 0 Å². The minimum atomic E-state index is -0.304.